The predicted molar refractivity (Wildman–Crippen MR) is 81.7 cm³/mol. The van der Waals surface area contributed by atoms with Crippen LogP contribution in [0.25, 0.3) is 0 Å². The van der Waals surface area contributed by atoms with Crippen LogP contribution in [0.2, 0.25) is 10.0 Å². The Morgan fingerprint density at radius 3 is 2.45 bits per heavy atom. The lowest BCUT2D eigenvalue weighted by Gasteiger charge is -2.19. The van der Waals surface area contributed by atoms with Gasteiger partial charge in [0, 0.05) is 24.2 Å². The van der Waals surface area contributed by atoms with E-state index in [0.29, 0.717) is 6.54 Å². The van der Waals surface area contributed by atoms with E-state index in [1.807, 2.05) is 0 Å². The quantitative estimate of drug-likeness (QED) is 0.775. The molecule has 0 fully saturated rings. The van der Waals surface area contributed by atoms with Gasteiger partial charge in [-0.2, -0.15) is 0 Å². The van der Waals surface area contributed by atoms with E-state index in [0.717, 1.165) is 19.3 Å². The Morgan fingerprint density at radius 1 is 1.25 bits per heavy atom. The van der Waals surface area contributed by atoms with E-state index in [1.54, 1.807) is 0 Å². The first-order valence-corrected chi connectivity index (χ1v) is 8.60. The minimum Gasteiger partial charge on any atom is -0.392 e. The van der Waals surface area contributed by atoms with Crippen molar-refractivity contribution in [3.8, 4) is 0 Å². The lowest BCUT2D eigenvalue weighted by Crippen LogP contribution is -2.28. The molecule has 0 aliphatic carbocycles. The lowest BCUT2D eigenvalue weighted by atomic mass is 10.2. The van der Waals surface area contributed by atoms with E-state index < -0.39 is 16.6 Å². The maximum Gasteiger partial charge on any atom is 0.244 e. The summed E-state index contributed by atoms with van der Waals surface area (Å²) in [5, 5.41) is 9.47. The first-order chi connectivity index (χ1) is 9.36. The number of aliphatic hydroxyl groups excluding tert-OH is 1. The van der Waals surface area contributed by atoms with E-state index in [-0.39, 0.29) is 20.5 Å². The SMILES string of the molecule is CCCCCN(C)S(=O)(=O)c1ccc(Cl)c(CO)c1Cl. The standard InChI is InChI=1S/C13H19Cl2NO3S/c1-3-4-5-8-16(2)20(18,19)12-7-6-11(14)10(9-17)13(12)15/h6-7,17H,3-5,8-9H2,1-2H3. The summed E-state index contributed by atoms with van der Waals surface area (Å²) in [4.78, 5) is -0.0217. The van der Waals surface area contributed by atoms with Gasteiger partial charge in [-0.05, 0) is 18.6 Å². The van der Waals surface area contributed by atoms with Crippen LogP contribution >= 0.6 is 23.2 Å². The number of unbranched alkanes of at least 4 members (excludes halogenated alkanes) is 2. The number of hydrogen-bond acceptors (Lipinski definition) is 3. The minimum atomic E-state index is -3.67. The molecule has 1 rings (SSSR count). The van der Waals surface area contributed by atoms with Gasteiger partial charge in [-0.3, -0.25) is 0 Å². The van der Waals surface area contributed by atoms with E-state index in [1.165, 1.54) is 23.5 Å². The fourth-order valence-corrected chi connectivity index (χ4v) is 3.87. The molecule has 7 heteroatoms. The van der Waals surface area contributed by atoms with Crippen molar-refractivity contribution in [1.82, 2.24) is 4.31 Å². The van der Waals surface area contributed by atoms with Gasteiger partial charge in [0.2, 0.25) is 10.0 Å². The van der Waals surface area contributed by atoms with Gasteiger partial charge >= 0.3 is 0 Å². The van der Waals surface area contributed by atoms with Crippen molar-refractivity contribution in [3.05, 3.63) is 27.7 Å². The number of hydrogen-bond donors (Lipinski definition) is 1. The van der Waals surface area contributed by atoms with Crippen molar-refractivity contribution in [3.63, 3.8) is 0 Å². The molecular formula is C13H19Cl2NO3S. The Kier molecular flexibility index (Phi) is 6.75. The van der Waals surface area contributed by atoms with Crippen molar-refractivity contribution in [2.45, 2.75) is 37.7 Å². The smallest absolute Gasteiger partial charge is 0.244 e. The van der Waals surface area contributed by atoms with Crippen LogP contribution in [0.15, 0.2) is 17.0 Å². The molecule has 0 aliphatic heterocycles. The molecule has 0 bridgehead atoms. The summed E-state index contributed by atoms with van der Waals surface area (Å²) < 4.78 is 26.2. The van der Waals surface area contributed by atoms with Gasteiger partial charge in [-0.15, -0.1) is 0 Å². The molecule has 1 N–H and O–H groups in total. The number of sulfonamides is 1. The summed E-state index contributed by atoms with van der Waals surface area (Å²) in [6.07, 6.45) is 2.78. The molecule has 0 amide bonds. The first-order valence-electron chi connectivity index (χ1n) is 6.40. The minimum absolute atomic E-state index is 0.0117. The number of nitrogens with zero attached hydrogens (tertiary/aromatic N) is 1. The average molecular weight is 340 g/mol. The highest BCUT2D eigenvalue weighted by Crippen LogP contribution is 2.32. The molecule has 4 nitrogen and oxygen atoms in total. The zero-order valence-electron chi connectivity index (χ0n) is 11.6. The van der Waals surface area contributed by atoms with Gasteiger partial charge in [0.15, 0.2) is 0 Å². The average Bonchev–Trinajstić information content (AvgIpc) is 2.39. The van der Waals surface area contributed by atoms with Crippen molar-refractivity contribution >= 4 is 33.2 Å². The summed E-state index contributed by atoms with van der Waals surface area (Å²) in [7, 11) is -2.15. The molecule has 0 heterocycles. The van der Waals surface area contributed by atoms with Crippen LogP contribution < -0.4 is 0 Å². The van der Waals surface area contributed by atoms with Crippen molar-refractivity contribution in [2.24, 2.45) is 0 Å². The van der Waals surface area contributed by atoms with Crippen molar-refractivity contribution in [2.75, 3.05) is 13.6 Å². The second-order valence-corrected chi connectivity index (χ2v) is 7.33. The highest BCUT2D eigenvalue weighted by Gasteiger charge is 2.25. The molecule has 0 saturated heterocycles. The predicted octanol–water partition coefficient (Wildman–Crippen LogP) is 3.30. The van der Waals surface area contributed by atoms with Crippen LogP contribution in [-0.2, 0) is 16.6 Å². The maximum atomic E-state index is 12.4. The highest BCUT2D eigenvalue weighted by atomic mass is 35.5. The summed E-state index contributed by atoms with van der Waals surface area (Å²) >= 11 is 11.9. The Bertz CT molecular complexity index is 561. The van der Waals surface area contributed by atoms with Crippen LogP contribution in [0.5, 0.6) is 0 Å². The molecule has 0 spiro atoms. The number of rotatable bonds is 7. The second kappa shape index (κ2) is 7.61. The lowest BCUT2D eigenvalue weighted by molar-refractivity contribution is 0.281. The van der Waals surface area contributed by atoms with Crippen LogP contribution in [0.3, 0.4) is 0 Å². The third-order valence-corrected chi connectivity index (χ3v) is 5.87. The molecule has 20 heavy (non-hydrogen) atoms. The van der Waals surface area contributed by atoms with Gasteiger partial charge in [0.1, 0.15) is 4.90 Å². The zero-order valence-corrected chi connectivity index (χ0v) is 13.9. The summed E-state index contributed by atoms with van der Waals surface area (Å²) in [6, 6.07) is 2.81. The second-order valence-electron chi connectivity index (χ2n) is 4.53. The van der Waals surface area contributed by atoms with Crippen molar-refractivity contribution in [1.29, 1.82) is 0 Å². The van der Waals surface area contributed by atoms with Gasteiger partial charge in [-0.25, -0.2) is 12.7 Å². The molecule has 0 aromatic heterocycles. The Hall–Kier alpha value is -0.330. The number of benzene rings is 1. The third-order valence-electron chi connectivity index (χ3n) is 3.07. The largest absolute Gasteiger partial charge is 0.392 e. The molecule has 0 unspecified atom stereocenters. The van der Waals surface area contributed by atoms with Gasteiger partial charge < -0.3 is 5.11 Å². The fourth-order valence-electron chi connectivity index (χ4n) is 1.79. The van der Waals surface area contributed by atoms with E-state index in [2.05, 4.69) is 6.92 Å². The highest BCUT2D eigenvalue weighted by molar-refractivity contribution is 7.89. The Balaban J connectivity index is 3.10. The van der Waals surface area contributed by atoms with Crippen LogP contribution in [0, 0.1) is 0 Å². The molecular weight excluding hydrogens is 321 g/mol. The van der Waals surface area contributed by atoms with E-state index >= 15 is 0 Å². The zero-order chi connectivity index (χ0) is 15.3. The number of halogens is 2. The molecule has 0 saturated carbocycles. The number of aliphatic hydroxyl groups is 1. The third kappa shape index (κ3) is 3.86. The van der Waals surface area contributed by atoms with Crippen LogP contribution in [0.4, 0.5) is 0 Å². The maximum absolute atomic E-state index is 12.4. The normalized spacial score (nSPS) is 12.1. The van der Waals surface area contributed by atoms with Crippen molar-refractivity contribution < 1.29 is 13.5 Å². The molecule has 0 aliphatic rings. The molecule has 1 aromatic carbocycles. The van der Waals surface area contributed by atoms with Gasteiger partial charge in [0.25, 0.3) is 0 Å². The van der Waals surface area contributed by atoms with Crippen LogP contribution in [-0.4, -0.2) is 31.4 Å². The summed E-state index contributed by atoms with van der Waals surface area (Å²) in [5.41, 5.74) is 0.233. The van der Waals surface area contributed by atoms with Crippen LogP contribution in [0.1, 0.15) is 31.7 Å². The van der Waals surface area contributed by atoms with E-state index in [4.69, 9.17) is 23.2 Å². The van der Waals surface area contributed by atoms with E-state index in [9.17, 15) is 13.5 Å². The summed E-state index contributed by atoms with van der Waals surface area (Å²) in [5.74, 6) is 0. The first kappa shape index (κ1) is 17.7. The molecule has 0 atom stereocenters. The Labute approximate surface area is 130 Å². The van der Waals surface area contributed by atoms with Gasteiger partial charge in [-0.1, -0.05) is 43.0 Å². The van der Waals surface area contributed by atoms with Gasteiger partial charge in [0.05, 0.1) is 11.6 Å². The molecule has 0 radical (unpaired) electrons. The molecule has 1 aromatic rings. The monoisotopic (exact) mass is 339 g/mol. The topological polar surface area (TPSA) is 57.6 Å². The fraction of sp³-hybridized carbons (Fsp3) is 0.538. The Morgan fingerprint density at radius 2 is 1.90 bits per heavy atom. The molecule has 114 valence electrons. The summed E-state index contributed by atoms with van der Waals surface area (Å²) in [6.45, 7) is 2.09.